The van der Waals surface area contributed by atoms with Crippen LogP contribution >= 0.6 is 0 Å². The summed E-state index contributed by atoms with van der Waals surface area (Å²) in [6, 6.07) is 14.0. The van der Waals surface area contributed by atoms with E-state index in [4.69, 9.17) is 4.74 Å². The predicted molar refractivity (Wildman–Crippen MR) is 105 cm³/mol. The molecule has 1 N–H and O–H groups in total. The monoisotopic (exact) mass is 371 g/mol. The van der Waals surface area contributed by atoms with Gasteiger partial charge in [-0.15, -0.1) is 0 Å². The van der Waals surface area contributed by atoms with Crippen LogP contribution < -0.4 is 10.1 Å². The highest BCUT2D eigenvalue weighted by atomic mass is 19.1. The van der Waals surface area contributed by atoms with Gasteiger partial charge in [0.2, 0.25) is 5.91 Å². The Morgan fingerprint density at radius 2 is 1.81 bits per heavy atom. The van der Waals surface area contributed by atoms with Gasteiger partial charge in [-0.25, -0.2) is 4.39 Å². The summed E-state index contributed by atoms with van der Waals surface area (Å²) < 4.78 is 19.0. The van der Waals surface area contributed by atoms with Gasteiger partial charge in [0.05, 0.1) is 6.54 Å². The maximum Gasteiger partial charge on any atom is 0.238 e. The van der Waals surface area contributed by atoms with Gasteiger partial charge in [0.15, 0.2) is 0 Å². The molecule has 6 heteroatoms. The molecule has 0 aromatic heterocycles. The number of carbonyl (C=O) groups is 1. The Morgan fingerprint density at radius 1 is 1.07 bits per heavy atom. The number of amides is 1. The summed E-state index contributed by atoms with van der Waals surface area (Å²) in [6.07, 6.45) is 0. The summed E-state index contributed by atoms with van der Waals surface area (Å²) in [5.41, 5.74) is 1.64. The standard InChI is InChI=1S/C21H26FN3O2/c1-17-5-2-3-8-20(17)27-14-13-24-9-11-25(12-10-24)16-21(26)23-19-7-4-6-18(22)15-19/h2-8,15H,9-14,16H2,1H3,(H,23,26). The molecule has 0 spiro atoms. The number of hydrogen-bond acceptors (Lipinski definition) is 4. The van der Waals surface area contributed by atoms with Crippen LogP contribution in [0.5, 0.6) is 5.75 Å². The Balaban J connectivity index is 1.35. The third-order valence-electron chi connectivity index (χ3n) is 4.70. The molecule has 0 atom stereocenters. The highest BCUT2D eigenvalue weighted by Gasteiger charge is 2.19. The second kappa shape index (κ2) is 9.48. The van der Waals surface area contributed by atoms with E-state index in [2.05, 4.69) is 15.1 Å². The van der Waals surface area contributed by atoms with Crippen LogP contribution in [0.2, 0.25) is 0 Å². The third kappa shape index (κ3) is 6.05. The first kappa shape index (κ1) is 19.3. The van der Waals surface area contributed by atoms with E-state index in [9.17, 15) is 9.18 Å². The van der Waals surface area contributed by atoms with E-state index < -0.39 is 0 Å². The zero-order valence-corrected chi connectivity index (χ0v) is 15.7. The average molecular weight is 371 g/mol. The number of anilines is 1. The highest BCUT2D eigenvalue weighted by Crippen LogP contribution is 2.16. The van der Waals surface area contributed by atoms with Crippen LogP contribution in [0.3, 0.4) is 0 Å². The van der Waals surface area contributed by atoms with Crippen molar-refractivity contribution in [2.24, 2.45) is 0 Å². The van der Waals surface area contributed by atoms with Crippen LogP contribution in [0.25, 0.3) is 0 Å². The van der Waals surface area contributed by atoms with Crippen LogP contribution in [0, 0.1) is 12.7 Å². The lowest BCUT2D eigenvalue weighted by Gasteiger charge is -2.34. The van der Waals surface area contributed by atoms with Gasteiger partial charge < -0.3 is 10.1 Å². The molecule has 0 unspecified atom stereocenters. The van der Waals surface area contributed by atoms with Crippen molar-refractivity contribution >= 4 is 11.6 Å². The lowest BCUT2D eigenvalue weighted by atomic mass is 10.2. The number of ether oxygens (including phenoxy) is 1. The van der Waals surface area contributed by atoms with Crippen molar-refractivity contribution in [1.29, 1.82) is 0 Å². The minimum absolute atomic E-state index is 0.114. The van der Waals surface area contributed by atoms with E-state index in [1.807, 2.05) is 31.2 Å². The first-order chi connectivity index (χ1) is 13.1. The smallest absolute Gasteiger partial charge is 0.238 e. The first-order valence-corrected chi connectivity index (χ1v) is 9.29. The number of aryl methyl sites for hydroxylation is 1. The lowest BCUT2D eigenvalue weighted by Crippen LogP contribution is -2.49. The summed E-state index contributed by atoms with van der Waals surface area (Å²) in [7, 11) is 0. The molecule has 144 valence electrons. The quantitative estimate of drug-likeness (QED) is 0.813. The maximum absolute atomic E-state index is 13.2. The van der Waals surface area contributed by atoms with Crippen molar-refractivity contribution in [2.75, 3.05) is 51.2 Å². The molecule has 0 radical (unpaired) electrons. The van der Waals surface area contributed by atoms with Crippen molar-refractivity contribution in [3.05, 3.63) is 59.9 Å². The van der Waals surface area contributed by atoms with Crippen molar-refractivity contribution in [2.45, 2.75) is 6.92 Å². The summed E-state index contributed by atoms with van der Waals surface area (Å²) in [5.74, 6) is 0.469. The molecule has 1 aliphatic rings. The summed E-state index contributed by atoms with van der Waals surface area (Å²) in [4.78, 5) is 16.6. The fourth-order valence-corrected chi connectivity index (χ4v) is 3.14. The summed E-state index contributed by atoms with van der Waals surface area (Å²) in [5, 5.41) is 2.74. The molecule has 3 rings (SSSR count). The predicted octanol–water partition coefficient (Wildman–Crippen LogP) is 2.77. The molecule has 27 heavy (non-hydrogen) atoms. The Morgan fingerprint density at radius 3 is 2.56 bits per heavy atom. The number of carbonyl (C=O) groups excluding carboxylic acids is 1. The van der Waals surface area contributed by atoms with Crippen LogP contribution in [0.15, 0.2) is 48.5 Å². The molecular formula is C21H26FN3O2. The molecule has 1 amide bonds. The molecule has 0 saturated carbocycles. The number of piperazine rings is 1. The Bertz CT molecular complexity index is 761. The van der Waals surface area contributed by atoms with Gasteiger partial charge >= 0.3 is 0 Å². The first-order valence-electron chi connectivity index (χ1n) is 9.29. The second-order valence-electron chi connectivity index (χ2n) is 6.79. The van der Waals surface area contributed by atoms with E-state index in [-0.39, 0.29) is 11.7 Å². The van der Waals surface area contributed by atoms with Crippen LogP contribution in [-0.2, 0) is 4.79 Å². The topological polar surface area (TPSA) is 44.8 Å². The van der Waals surface area contributed by atoms with Gasteiger partial charge in [-0.05, 0) is 36.8 Å². The molecule has 1 aliphatic heterocycles. The van der Waals surface area contributed by atoms with Gasteiger partial charge in [-0.2, -0.15) is 0 Å². The van der Waals surface area contributed by atoms with Gasteiger partial charge in [0.1, 0.15) is 18.2 Å². The van der Waals surface area contributed by atoms with Crippen LogP contribution in [0.4, 0.5) is 10.1 Å². The van der Waals surface area contributed by atoms with Gasteiger partial charge in [-0.1, -0.05) is 24.3 Å². The van der Waals surface area contributed by atoms with E-state index in [0.29, 0.717) is 18.8 Å². The average Bonchev–Trinajstić information content (AvgIpc) is 2.65. The lowest BCUT2D eigenvalue weighted by molar-refractivity contribution is -0.117. The fraction of sp³-hybridized carbons (Fsp3) is 0.381. The van der Waals surface area contributed by atoms with E-state index in [1.165, 1.54) is 12.1 Å². The highest BCUT2D eigenvalue weighted by molar-refractivity contribution is 5.92. The van der Waals surface area contributed by atoms with Crippen LogP contribution in [-0.4, -0.2) is 61.6 Å². The van der Waals surface area contributed by atoms with E-state index in [1.54, 1.807) is 12.1 Å². The molecule has 1 heterocycles. The van der Waals surface area contributed by atoms with E-state index in [0.717, 1.165) is 44.0 Å². The minimum atomic E-state index is -0.352. The maximum atomic E-state index is 13.2. The number of halogens is 1. The van der Waals surface area contributed by atoms with Crippen molar-refractivity contribution in [3.63, 3.8) is 0 Å². The molecule has 2 aromatic carbocycles. The normalized spacial score (nSPS) is 15.5. The Labute approximate surface area is 159 Å². The largest absolute Gasteiger partial charge is 0.492 e. The zero-order valence-electron chi connectivity index (χ0n) is 15.7. The SMILES string of the molecule is Cc1ccccc1OCCN1CCN(CC(=O)Nc2cccc(F)c2)CC1. The van der Waals surface area contributed by atoms with Gasteiger partial charge in [0.25, 0.3) is 0 Å². The number of rotatable bonds is 7. The summed E-state index contributed by atoms with van der Waals surface area (Å²) >= 11 is 0. The third-order valence-corrected chi connectivity index (χ3v) is 4.70. The molecular weight excluding hydrogens is 345 g/mol. The van der Waals surface area contributed by atoms with E-state index >= 15 is 0 Å². The van der Waals surface area contributed by atoms with Gasteiger partial charge in [0, 0.05) is 38.4 Å². The molecule has 2 aromatic rings. The number of nitrogens with zero attached hydrogens (tertiary/aromatic N) is 2. The zero-order chi connectivity index (χ0) is 19.1. The van der Waals surface area contributed by atoms with Crippen molar-refractivity contribution < 1.29 is 13.9 Å². The summed E-state index contributed by atoms with van der Waals surface area (Å²) in [6.45, 7) is 7.38. The molecule has 5 nitrogen and oxygen atoms in total. The Hall–Kier alpha value is -2.44. The number of hydrogen-bond donors (Lipinski definition) is 1. The molecule has 1 fully saturated rings. The van der Waals surface area contributed by atoms with Crippen molar-refractivity contribution in [1.82, 2.24) is 9.80 Å². The Kier molecular flexibility index (Phi) is 6.79. The fourth-order valence-electron chi connectivity index (χ4n) is 3.14. The molecule has 0 bridgehead atoms. The number of para-hydroxylation sites is 1. The second-order valence-corrected chi connectivity index (χ2v) is 6.79. The van der Waals surface area contributed by atoms with Crippen molar-refractivity contribution in [3.8, 4) is 5.75 Å². The number of benzene rings is 2. The number of nitrogens with one attached hydrogen (secondary N) is 1. The molecule has 0 aliphatic carbocycles. The van der Waals surface area contributed by atoms with Crippen LogP contribution in [0.1, 0.15) is 5.56 Å². The minimum Gasteiger partial charge on any atom is -0.492 e. The van der Waals surface area contributed by atoms with Gasteiger partial charge in [-0.3, -0.25) is 14.6 Å². The molecule has 1 saturated heterocycles.